The van der Waals surface area contributed by atoms with Crippen molar-refractivity contribution in [2.24, 2.45) is 27.6 Å². The molecule has 0 aliphatic carbocycles. The Labute approximate surface area is 444 Å². The van der Waals surface area contributed by atoms with Gasteiger partial charge < -0.3 is 18.9 Å². The van der Waals surface area contributed by atoms with Gasteiger partial charge >= 0.3 is 5.97 Å². The number of rotatable bonds is 21. The molecule has 0 amide bonds. The zero-order chi connectivity index (χ0) is 53.5. The Morgan fingerprint density at radius 3 is 1.35 bits per heavy atom. The van der Waals surface area contributed by atoms with Gasteiger partial charge in [-0.1, -0.05) is 132 Å². The first-order chi connectivity index (χ1) is 33.1. The molecule has 2 unspecified atom stereocenters. The van der Waals surface area contributed by atoms with Crippen LogP contribution < -0.4 is 9.47 Å². The Morgan fingerprint density at radius 1 is 0.542 bits per heavy atom. The van der Waals surface area contributed by atoms with E-state index in [0.29, 0.717) is 19.3 Å². The summed E-state index contributed by atoms with van der Waals surface area (Å²) in [6.07, 6.45) is 4.39. The first-order valence-electron chi connectivity index (χ1n) is 26.6. The third-order valence-corrected chi connectivity index (χ3v) is 16.4. The van der Waals surface area contributed by atoms with Gasteiger partial charge in [-0.15, -0.1) is 22.7 Å². The molecule has 0 aliphatic heterocycles. The Bertz CT molecular complexity index is 2650. The van der Waals surface area contributed by atoms with Crippen LogP contribution in [0.1, 0.15) is 168 Å². The van der Waals surface area contributed by atoms with Crippen LogP contribution in [0.4, 0.5) is 0 Å². The number of hydrogen-bond acceptors (Lipinski definition) is 7. The standard InChI is InChI=1S/C64H89BO5S2/c1-20-42-26-22-24-28-48(42)53-34-44-30-32-46(36-51(44)71-53)67-61(13,14)39-59(9,10)56(70-64(19,65)41-63(17,18)69-55(66)50(58(6,7)8)38-57(3,4)5)60(11,12)40-62(15,16)68-47-33-31-45-35-54(72-52(45)37-47)49-29-25-23-27-43(49)21-2/h22-37,50,56H,20-21,38-41,65H2,1-19H3. The van der Waals surface area contributed by atoms with Crippen LogP contribution in [0.15, 0.2) is 97.1 Å². The van der Waals surface area contributed by atoms with Gasteiger partial charge in [0.1, 0.15) is 36.1 Å². The van der Waals surface area contributed by atoms with E-state index in [-0.39, 0.29) is 28.8 Å². The Balaban J connectivity index is 1.28. The van der Waals surface area contributed by atoms with Gasteiger partial charge in [0.2, 0.25) is 0 Å². The smallest absolute Gasteiger partial charge is 0.310 e. The molecule has 0 bridgehead atoms. The molecule has 6 aromatic rings. The molecular formula is C64H89BO5S2. The van der Waals surface area contributed by atoms with E-state index < -0.39 is 33.1 Å². The zero-order valence-electron chi connectivity index (χ0n) is 48.0. The molecule has 0 radical (unpaired) electrons. The lowest BCUT2D eigenvalue weighted by Crippen LogP contribution is -2.55. The number of ether oxygens (including phenoxy) is 4. The quantitative estimate of drug-likeness (QED) is 0.0531. The second-order valence-electron chi connectivity index (χ2n) is 27.0. The maximum absolute atomic E-state index is 14.2. The number of aryl methyl sites for hydroxylation is 2. The maximum Gasteiger partial charge on any atom is 0.310 e. The summed E-state index contributed by atoms with van der Waals surface area (Å²) >= 11 is 3.65. The maximum atomic E-state index is 14.2. The second-order valence-corrected chi connectivity index (χ2v) is 29.2. The topological polar surface area (TPSA) is 54.0 Å². The first-order valence-corrected chi connectivity index (χ1v) is 28.3. The summed E-state index contributed by atoms with van der Waals surface area (Å²) in [6.45, 7) is 41.8. The monoisotopic (exact) mass is 1010 g/mol. The van der Waals surface area contributed by atoms with Gasteiger partial charge in [0.25, 0.3) is 0 Å². The number of carbonyl (C=O) groups is 1. The van der Waals surface area contributed by atoms with Crippen molar-refractivity contribution in [3.05, 3.63) is 108 Å². The fourth-order valence-corrected chi connectivity index (χ4v) is 14.4. The van der Waals surface area contributed by atoms with Crippen molar-refractivity contribution in [2.75, 3.05) is 0 Å². The fourth-order valence-electron chi connectivity index (χ4n) is 12.1. The van der Waals surface area contributed by atoms with Crippen LogP contribution in [0.3, 0.4) is 0 Å². The average Bonchev–Trinajstić information content (AvgIpc) is 3.86. The second kappa shape index (κ2) is 21.3. The summed E-state index contributed by atoms with van der Waals surface area (Å²) in [4.78, 5) is 16.7. The minimum Gasteiger partial charge on any atom is -0.488 e. The molecule has 4 aromatic carbocycles. The van der Waals surface area contributed by atoms with E-state index in [1.807, 2.05) is 36.5 Å². The van der Waals surface area contributed by atoms with Crippen molar-refractivity contribution < 1.29 is 23.7 Å². The molecule has 390 valence electrons. The average molecular weight is 1010 g/mol. The van der Waals surface area contributed by atoms with E-state index in [2.05, 4.69) is 223 Å². The minimum absolute atomic E-state index is 0.0221. The lowest BCUT2D eigenvalue weighted by Gasteiger charge is -2.52. The summed E-state index contributed by atoms with van der Waals surface area (Å²) < 4.78 is 30.7. The van der Waals surface area contributed by atoms with E-state index in [0.717, 1.165) is 30.8 Å². The zero-order valence-corrected chi connectivity index (χ0v) is 49.6. The molecule has 72 heavy (non-hydrogen) atoms. The van der Waals surface area contributed by atoms with Crippen LogP contribution in [0.5, 0.6) is 11.5 Å². The van der Waals surface area contributed by atoms with Gasteiger partial charge in [-0.05, 0) is 184 Å². The van der Waals surface area contributed by atoms with E-state index in [9.17, 15) is 4.79 Å². The van der Waals surface area contributed by atoms with E-state index in [1.165, 1.54) is 52.2 Å². The Kier molecular flexibility index (Phi) is 16.9. The van der Waals surface area contributed by atoms with Gasteiger partial charge in [0, 0.05) is 31.1 Å². The molecule has 0 fully saturated rings. The normalized spacial score (nSPS) is 14.7. The molecule has 0 saturated carbocycles. The van der Waals surface area contributed by atoms with Gasteiger partial charge in [-0.3, -0.25) is 4.79 Å². The minimum atomic E-state index is -0.788. The summed E-state index contributed by atoms with van der Waals surface area (Å²) in [7, 11) is 2.16. The largest absolute Gasteiger partial charge is 0.488 e. The van der Waals surface area contributed by atoms with Crippen LogP contribution in [-0.2, 0) is 27.1 Å². The third-order valence-electron chi connectivity index (χ3n) is 14.1. The summed E-state index contributed by atoms with van der Waals surface area (Å²) in [6, 6.07) is 35.1. The Hall–Kier alpha value is -4.11. The van der Waals surface area contributed by atoms with Crippen LogP contribution in [0.25, 0.3) is 41.1 Å². The lowest BCUT2D eigenvalue weighted by molar-refractivity contribution is -0.189. The van der Waals surface area contributed by atoms with Gasteiger partial charge in [0.15, 0.2) is 0 Å². The van der Waals surface area contributed by atoms with E-state index in [1.54, 1.807) is 0 Å². The number of thiophene rings is 2. The number of benzene rings is 4. The molecule has 5 nitrogen and oxygen atoms in total. The van der Waals surface area contributed by atoms with Gasteiger partial charge in [-0.2, -0.15) is 0 Å². The highest BCUT2D eigenvalue weighted by molar-refractivity contribution is 7.22. The highest BCUT2D eigenvalue weighted by Gasteiger charge is 2.50. The number of fused-ring (bicyclic) bond motifs is 2. The highest BCUT2D eigenvalue weighted by Crippen LogP contribution is 2.50. The van der Waals surface area contributed by atoms with Crippen molar-refractivity contribution in [2.45, 2.75) is 198 Å². The van der Waals surface area contributed by atoms with E-state index >= 15 is 0 Å². The van der Waals surface area contributed by atoms with Crippen molar-refractivity contribution in [1.82, 2.24) is 0 Å². The van der Waals surface area contributed by atoms with Crippen LogP contribution in [0, 0.1) is 27.6 Å². The molecule has 6 rings (SSSR count). The van der Waals surface area contributed by atoms with Crippen molar-refractivity contribution >= 4 is 56.7 Å². The summed E-state index contributed by atoms with van der Waals surface area (Å²) in [5.41, 5.74) is 1.66. The Morgan fingerprint density at radius 2 is 0.958 bits per heavy atom. The molecule has 0 saturated heterocycles. The van der Waals surface area contributed by atoms with Crippen molar-refractivity contribution in [1.29, 1.82) is 0 Å². The predicted molar refractivity (Wildman–Crippen MR) is 313 cm³/mol. The SMILES string of the molecule is BC(C)(CC(C)(C)OC(=O)C(CC(C)(C)C)C(C)(C)C)OC(C(C)(C)CC(C)(C)Oc1ccc2cc(-c3ccccc3CC)sc2c1)C(C)(C)CC(C)(C)Oc1ccc2cc(-c3ccccc3CC)sc2c1. The molecule has 2 heterocycles. The summed E-state index contributed by atoms with van der Waals surface area (Å²) in [5.74, 6) is 1.34. The van der Waals surface area contributed by atoms with Crippen molar-refractivity contribution in [3.63, 3.8) is 0 Å². The van der Waals surface area contributed by atoms with Gasteiger partial charge in [-0.25, -0.2) is 0 Å². The molecule has 0 N–H and O–H groups in total. The molecule has 2 atom stereocenters. The number of carbonyl (C=O) groups excluding carboxylic acids is 1. The summed E-state index contributed by atoms with van der Waals surface area (Å²) in [5, 5.41) is 2.45. The lowest BCUT2D eigenvalue weighted by atomic mass is 9.63. The van der Waals surface area contributed by atoms with Crippen LogP contribution >= 0.6 is 22.7 Å². The fraction of sp³-hybridized carbons (Fsp3) is 0.547. The molecule has 8 heteroatoms. The third kappa shape index (κ3) is 14.8. The molecule has 0 spiro atoms. The number of hydrogen-bond donors (Lipinski definition) is 0. The van der Waals surface area contributed by atoms with Crippen LogP contribution in [-0.4, -0.2) is 42.2 Å². The van der Waals surface area contributed by atoms with Crippen molar-refractivity contribution in [3.8, 4) is 32.4 Å². The highest BCUT2D eigenvalue weighted by atomic mass is 32.1. The molecule has 2 aromatic heterocycles. The molecule has 0 aliphatic rings. The van der Waals surface area contributed by atoms with E-state index in [4.69, 9.17) is 18.9 Å². The van der Waals surface area contributed by atoms with Crippen LogP contribution in [0.2, 0.25) is 0 Å². The first kappa shape index (κ1) is 57.2. The predicted octanol–water partition coefficient (Wildman–Crippen LogP) is 18.0. The molecular weight excluding hydrogens is 924 g/mol. The van der Waals surface area contributed by atoms with Gasteiger partial charge in [0.05, 0.1) is 12.0 Å². The number of esters is 1.